The van der Waals surface area contributed by atoms with E-state index in [0.29, 0.717) is 12.2 Å². The number of nitrogens with one attached hydrogen (secondary N) is 1. The van der Waals surface area contributed by atoms with Crippen molar-refractivity contribution in [1.29, 1.82) is 0 Å². The lowest BCUT2D eigenvalue weighted by molar-refractivity contribution is 0.0956. The van der Waals surface area contributed by atoms with Crippen LogP contribution in [0.4, 0.5) is 4.39 Å². The number of carbonyl (C=O) groups excluding carboxylic acids is 1. The van der Waals surface area contributed by atoms with Gasteiger partial charge in [-0.05, 0) is 41.4 Å². The Labute approximate surface area is 141 Å². The normalized spacial score (nSPS) is 10.8. The molecule has 0 saturated heterocycles. The van der Waals surface area contributed by atoms with Crippen molar-refractivity contribution < 1.29 is 9.18 Å². The van der Waals surface area contributed by atoms with E-state index in [-0.39, 0.29) is 22.1 Å². The van der Waals surface area contributed by atoms with Crippen LogP contribution in [-0.4, -0.2) is 22.2 Å². The number of hydrogen-bond donors (Lipinski definition) is 1. The molecule has 0 spiro atoms. The van der Waals surface area contributed by atoms with Crippen LogP contribution >= 0.6 is 27.5 Å². The van der Waals surface area contributed by atoms with Gasteiger partial charge in [0.2, 0.25) is 0 Å². The quantitative estimate of drug-likeness (QED) is 0.862. The van der Waals surface area contributed by atoms with Crippen LogP contribution in [0.5, 0.6) is 0 Å². The van der Waals surface area contributed by atoms with Crippen molar-refractivity contribution in [2.24, 2.45) is 7.05 Å². The fourth-order valence-electron chi connectivity index (χ4n) is 2.25. The first kappa shape index (κ1) is 17.0. The minimum Gasteiger partial charge on any atom is -0.352 e. The van der Waals surface area contributed by atoms with E-state index in [1.54, 1.807) is 18.7 Å². The van der Waals surface area contributed by atoms with E-state index in [1.807, 2.05) is 6.92 Å². The van der Waals surface area contributed by atoms with Crippen molar-refractivity contribution >= 4 is 33.4 Å². The molecule has 0 aliphatic rings. The molecule has 7 heteroatoms. The average molecular weight is 389 g/mol. The molecule has 0 radical (unpaired) electrons. The lowest BCUT2D eigenvalue weighted by Crippen LogP contribution is -2.23. The van der Waals surface area contributed by atoms with Crippen molar-refractivity contribution in [3.8, 4) is 11.3 Å². The van der Waals surface area contributed by atoms with Crippen LogP contribution in [0.2, 0.25) is 5.02 Å². The zero-order valence-corrected chi connectivity index (χ0v) is 14.8. The molecule has 1 N–H and O–H groups in total. The van der Waals surface area contributed by atoms with Crippen LogP contribution in [0.25, 0.3) is 11.3 Å². The maximum absolute atomic E-state index is 14.3. The number of hydrogen-bond acceptors (Lipinski definition) is 2. The van der Waals surface area contributed by atoms with Crippen LogP contribution in [0, 0.1) is 5.82 Å². The van der Waals surface area contributed by atoms with Crippen molar-refractivity contribution in [3.05, 3.63) is 38.7 Å². The number of benzene rings is 1. The summed E-state index contributed by atoms with van der Waals surface area (Å²) in [6, 6.07) is 2.59. The second-order valence-electron chi connectivity index (χ2n) is 4.76. The summed E-state index contributed by atoms with van der Waals surface area (Å²) in [6.45, 7) is 4.26. The Bertz CT molecular complexity index is 730. The van der Waals surface area contributed by atoms with Crippen LogP contribution < -0.4 is 5.32 Å². The molecule has 1 aromatic heterocycles. The Morgan fingerprint density at radius 3 is 2.68 bits per heavy atom. The van der Waals surface area contributed by atoms with Gasteiger partial charge in [0, 0.05) is 19.2 Å². The highest BCUT2D eigenvalue weighted by Gasteiger charge is 2.21. The van der Waals surface area contributed by atoms with Crippen molar-refractivity contribution in [2.45, 2.75) is 20.3 Å². The summed E-state index contributed by atoms with van der Waals surface area (Å²) in [6.07, 6.45) is 0.752. The highest BCUT2D eigenvalue weighted by Crippen LogP contribution is 2.34. The SMILES string of the molecule is CCNC(=O)c1cc(-c2nn(C)c(CC)c2Br)c(F)cc1Cl. The standard InChI is InChI=1S/C15H16BrClFN3O/c1-4-12-13(16)14(20-21(12)3)9-6-8(15(22)19-5-2)10(17)7-11(9)18/h6-7H,4-5H2,1-3H3,(H,19,22). The van der Waals surface area contributed by atoms with E-state index in [1.165, 1.54) is 6.07 Å². The second kappa shape index (κ2) is 6.79. The Kier molecular flexibility index (Phi) is 5.24. The summed E-state index contributed by atoms with van der Waals surface area (Å²) >= 11 is 9.45. The lowest BCUT2D eigenvalue weighted by Gasteiger charge is -2.08. The summed E-state index contributed by atoms with van der Waals surface area (Å²) in [5, 5.41) is 7.08. The predicted molar refractivity (Wildman–Crippen MR) is 88.7 cm³/mol. The molecular formula is C15H16BrClFN3O. The third kappa shape index (κ3) is 3.03. The van der Waals surface area contributed by atoms with Crippen molar-refractivity contribution in [3.63, 3.8) is 0 Å². The van der Waals surface area contributed by atoms with Crippen LogP contribution in [0.15, 0.2) is 16.6 Å². The van der Waals surface area contributed by atoms with Gasteiger partial charge in [-0.2, -0.15) is 5.10 Å². The molecule has 22 heavy (non-hydrogen) atoms. The van der Waals surface area contributed by atoms with Crippen LogP contribution in [-0.2, 0) is 13.5 Å². The summed E-state index contributed by atoms with van der Waals surface area (Å²) in [5.41, 5.74) is 1.88. The number of nitrogens with zero attached hydrogens (tertiary/aromatic N) is 2. The molecule has 1 amide bonds. The molecule has 2 aromatic rings. The van der Waals surface area contributed by atoms with Gasteiger partial charge in [0.15, 0.2) is 0 Å². The van der Waals surface area contributed by atoms with Gasteiger partial charge < -0.3 is 5.32 Å². The first-order valence-electron chi connectivity index (χ1n) is 6.89. The van der Waals surface area contributed by atoms with Crippen LogP contribution in [0.1, 0.15) is 29.9 Å². The minimum absolute atomic E-state index is 0.0787. The van der Waals surface area contributed by atoms with Crippen molar-refractivity contribution in [1.82, 2.24) is 15.1 Å². The molecule has 1 heterocycles. The second-order valence-corrected chi connectivity index (χ2v) is 5.96. The third-order valence-corrected chi connectivity index (χ3v) is 4.48. The highest BCUT2D eigenvalue weighted by atomic mass is 79.9. The molecule has 0 unspecified atom stereocenters. The van der Waals surface area contributed by atoms with Crippen molar-refractivity contribution in [2.75, 3.05) is 6.54 Å². The molecule has 2 rings (SSSR count). The van der Waals surface area contributed by atoms with Gasteiger partial charge in [-0.25, -0.2) is 4.39 Å². The van der Waals surface area contributed by atoms with Gasteiger partial charge in [-0.3, -0.25) is 9.48 Å². The van der Waals surface area contributed by atoms with E-state index in [9.17, 15) is 9.18 Å². The van der Waals surface area contributed by atoms with Gasteiger partial charge in [0.05, 0.1) is 20.8 Å². The molecule has 0 atom stereocenters. The molecule has 0 fully saturated rings. The summed E-state index contributed by atoms with van der Waals surface area (Å²) in [7, 11) is 1.80. The number of aryl methyl sites for hydroxylation is 1. The highest BCUT2D eigenvalue weighted by molar-refractivity contribution is 9.10. The Morgan fingerprint density at radius 2 is 2.14 bits per heavy atom. The smallest absolute Gasteiger partial charge is 0.252 e. The van der Waals surface area contributed by atoms with E-state index in [0.717, 1.165) is 22.7 Å². The van der Waals surface area contributed by atoms with Crippen LogP contribution in [0.3, 0.4) is 0 Å². The number of amides is 1. The van der Waals surface area contributed by atoms with Gasteiger partial charge in [0.25, 0.3) is 5.91 Å². The summed E-state index contributed by atoms with van der Waals surface area (Å²) < 4.78 is 16.7. The fourth-order valence-corrected chi connectivity index (χ4v) is 3.32. The maximum Gasteiger partial charge on any atom is 0.252 e. The summed E-state index contributed by atoms with van der Waals surface area (Å²) in [5.74, 6) is -0.851. The number of carbonyl (C=O) groups is 1. The molecule has 118 valence electrons. The zero-order valence-electron chi connectivity index (χ0n) is 12.5. The Hall–Kier alpha value is -1.40. The van der Waals surface area contributed by atoms with Gasteiger partial charge in [-0.15, -0.1) is 0 Å². The fraction of sp³-hybridized carbons (Fsp3) is 0.333. The zero-order chi connectivity index (χ0) is 16.4. The van der Waals surface area contributed by atoms with Gasteiger partial charge in [-0.1, -0.05) is 18.5 Å². The minimum atomic E-state index is -0.514. The number of rotatable bonds is 4. The molecule has 4 nitrogen and oxygen atoms in total. The first-order chi connectivity index (χ1) is 10.4. The molecule has 0 bridgehead atoms. The topological polar surface area (TPSA) is 46.9 Å². The van der Waals surface area contributed by atoms with E-state index >= 15 is 0 Å². The lowest BCUT2D eigenvalue weighted by atomic mass is 10.1. The van der Waals surface area contributed by atoms with Gasteiger partial charge in [0.1, 0.15) is 11.5 Å². The largest absolute Gasteiger partial charge is 0.352 e. The maximum atomic E-state index is 14.3. The van der Waals surface area contributed by atoms with E-state index in [2.05, 4.69) is 26.3 Å². The number of halogens is 3. The Balaban J connectivity index is 2.61. The Morgan fingerprint density at radius 1 is 1.45 bits per heavy atom. The van der Waals surface area contributed by atoms with E-state index < -0.39 is 5.82 Å². The van der Waals surface area contributed by atoms with Gasteiger partial charge >= 0.3 is 0 Å². The monoisotopic (exact) mass is 387 g/mol. The molecule has 0 saturated carbocycles. The molecular weight excluding hydrogens is 373 g/mol. The number of aromatic nitrogens is 2. The average Bonchev–Trinajstić information content (AvgIpc) is 2.73. The molecule has 0 aliphatic heterocycles. The third-order valence-electron chi connectivity index (χ3n) is 3.33. The molecule has 1 aromatic carbocycles. The van der Waals surface area contributed by atoms with E-state index in [4.69, 9.17) is 11.6 Å². The summed E-state index contributed by atoms with van der Waals surface area (Å²) in [4.78, 5) is 12.0. The predicted octanol–water partition coefficient (Wildman–Crippen LogP) is 3.95. The molecule has 0 aliphatic carbocycles. The first-order valence-corrected chi connectivity index (χ1v) is 8.06.